The molecule has 0 heterocycles. The Hall–Kier alpha value is -1.95. The molecule has 2 rings (SSSR count). The zero-order valence-electron chi connectivity index (χ0n) is 11.9. The normalized spacial score (nSPS) is 21.1. The largest absolute Gasteiger partial charge is 0.393 e. The van der Waals surface area contributed by atoms with Gasteiger partial charge in [0.25, 0.3) is 0 Å². The molecule has 1 aromatic rings. The Morgan fingerprint density at radius 3 is 2.71 bits per heavy atom. The van der Waals surface area contributed by atoms with E-state index >= 15 is 0 Å². The SMILES string of the molecule is Cc1ccc(NC(=O)C(=O)NCC2CCCC2O)c(F)c1. The van der Waals surface area contributed by atoms with Gasteiger partial charge in [-0.25, -0.2) is 4.39 Å². The molecule has 0 spiro atoms. The second-order valence-electron chi connectivity index (χ2n) is 5.41. The molecule has 21 heavy (non-hydrogen) atoms. The number of rotatable bonds is 3. The van der Waals surface area contributed by atoms with Crippen molar-refractivity contribution in [3.63, 3.8) is 0 Å². The summed E-state index contributed by atoms with van der Waals surface area (Å²) in [5.41, 5.74) is 0.701. The second-order valence-corrected chi connectivity index (χ2v) is 5.41. The quantitative estimate of drug-likeness (QED) is 0.736. The van der Waals surface area contributed by atoms with Crippen LogP contribution in [-0.4, -0.2) is 29.6 Å². The Kier molecular flexibility index (Phi) is 4.90. The maximum absolute atomic E-state index is 13.6. The van der Waals surface area contributed by atoms with Crippen molar-refractivity contribution in [2.24, 2.45) is 5.92 Å². The maximum Gasteiger partial charge on any atom is 0.313 e. The van der Waals surface area contributed by atoms with Crippen LogP contribution >= 0.6 is 0 Å². The van der Waals surface area contributed by atoms with Gasteiger partial charge in [0, 0.05) is 12.5 Å². The highest BCUT2D eigenvalue weighted by Gasteiger charge is 2.26. The molecule has 2 atom stereocenters. The predicted molar refractivity (Wildman–Crippen MR) is 76.1 cm³/mol. The van der Waals surface area contributed by atoms with Crippen LogP contribution in [0.5, 0.6) is 0 Å². The van der Waals surface area contributed by atoms with Crippen LogP contribution in [0.2, 0.25) is 0 Å². The van der Waals surface area contributed by atoms with Gasteiger partial charge in [0.15, 0.2) is 0 Å². The molecular weight excluding hydrogens is 275 g/mol. The lowest BCUT2D eigenvalue weighted by atomic mass is 10.1. The fourth-order valence-corrected chi connectivity index (χ4v) is 2.46. The standard InChI is InChI=1S/C15H19FN2O3/c1-9-5-6-12(11(16)7-9)18-15(21)14(20)17-8-10-3-2-4-13(10)19/h5-7,10,13,19H,2-4,8H2,1H3,(H,17,20)(H,18,21). The zero-order valence-corrected chi connectivity index (χ0v) is 11.9. The lowest BCUT2D eigenvalue weighted by molar-refractivity contribution is -0.136. The molecule has 114 valence electrons. The minimum Gasteiger partial charge on any atom is -0.393 e. The van der Waals surface area contributed by atoms with Crippen LogP contribution in [0.4, 0.5) is 10.1 Å². The molecule has 1 fully saturated rings. The first-order valence-corrected chi connectivity index (χ1v) is 7.01. The molecule has 0 bridgehead atoms. The van der Waals surface area contributed by atoms with E-state index in [0.717, 1.165) is 24.8 Å². The zero-order chi connectivity index (χ0) is 15.4. The monoisotopic (exact) mass is 294 g/mol. The molecule has 1 saturated carbocycles. The fraction of sp³-hybridized carbons (Fsp3) is 0.467. The molecule has 2 unspecified atom stereocenters. The Balaban J connectivity index is 1.86. The number of nitrogens with one attached hydrogen (secondary N) is 2. The van der Waals surface area contributed by atoms with E-state index in [4.69, 9.17) is 0 Å². The highest BCUT2D eigenvalue weighted by molar-refractivity contribution is 6.39. The number of hydrogen-bond acceptors (Lipinski definition) is 3. The molecule has 0 aliphatic heterocycles. The Morgan fingerprint density at radius 1 is 1.33 bits per heavy atom. The number of halogens is 1. The van der Waals surface area contributed by atoms with Crippen LogP contribution in [0.1, 0.15) is 24.8 Å². The van der Waals surface area contributed by atoms with Crippen molar-refractivity contribution in [2.45, 2.75) is 32.3 Å². The van der Waals surface area contributed by atoms with Gasteiger partial charge in [0.05, 0.1) is 11.8 Å². The number of anilines is 1. The minimum absolute atomic E-state index is 0.0159. The summed E-state index contributed by atoms with van der Waals surface area (Å²) in [6.07, 6.45) is 2.04. The average molecular weight is 294 g/mol. The third kappa shape index (κ3) is 4.01. The van der Waals surface area contributed by atoms with Crippen LogP contribution in [0.3, 0.4) is 0 Å². The van der Waals surface area contributed by atoms with E-state index in [0.29, 0.717) is 0 Å². The lowest BCUT2D eigenvalue weighted by Crippen LogP contribution is -2.39. The third-order valence-electron chi connectivity index (χ3n) is 3.72. The molecule has 0 aromatic heterocycles. The lowest BCUT2D eigenvalue weighted by Gasteiger charge is -2.14. The summed E-state index contributed by atoms with van der Waals surface area (Å²) in [4.78, 5) is 23.3. The topological polar surface area (TPSA) is 78.4 Å². The summed E-state index contributed by atoms with van der Waals surface area (Å²) in [7, 11) is 0. The van der Waals surface area contributed by atoms with E-state index in [9.17, 15) is 19.1 Å². The first-order valence-electron chi connectivity index (χ1n) is 7.01. The molecule has 1 aliphatic rings. The van der Waals surface area contributed by atoms with Gasteiger partial charge >= 0.3 is 11.8 Å². The minimum atomic E-state index is -0.912. The van der Waals surface area contributed by atoms with Crippen LogP contribution in [0.25, 0.3) is 0 Å². The van der Waals surface area contributed by atoms with Crippen molar-refractivity contribution in [1.29, 1.82) is 0 Å². The van der Waals surface area contributed by atoms with Crippen molar-refractivity contribution in [3.05, 3.63) is 29.6 Å². The molecule has 5 nitrogen and oxygen atoms in total. The number of aryl methyl sites for hydroxylation is 1. The molecule has 6 heteroatoms. The van der Waals surface area contributed by atoms with Crippen LogP contribution in [-0.2, 0) is 9.59 Å². The number of benzene rings is 1. The van der Waals surface area contributed by atoms with Gasteiger partial charge in [-0.05, 0) is 37.5 Å². The fourth-order valence-electron chi connectivity index (χ4n) is 2.46. The summed E-state index contributed by atoms with van der Waals surface area (Å²) < 4.78 is 13.6. The number of carbonyl (C=O) groups excluding carboxylic acids is 2. The summed E-state index contributed by atoms with van der Waals surface area (Å²) in [5, 5.41) is 14.3. The Bertz CT molecular complexity index is 548. The highest BCUT2D eigenvalue weighted by atomic mass is 19.1. The number of hydrogen-bond donors (Lipinski definition) is 3. The molecule has 1 aromatic carbocycles. The van der Waals surface area contributed by atoms with Crippen LogP contribution in [0.15, 0.2) is 18.2 Å². The number of amides is 2. The van der Waals surface area contributed by atoms with Gasteiger partial charge < -0.3 is 15.7 Å². The van der Waals surface area contributed by atoms with Crippen molar-refractivity contribution >= 4 is 17.5 Å². The van der Waals surface area contributed by atoms with Crippen molar-refractivity contribution in [2.75, 3.05) is 11.9 Å². The Labute approximate surface area is 122 Å². The van der Waals surface area contributed by atoms with Crippen molar-refractivity contribution in [1.82, 2.24) is 5.32 Å². The van der Waals surface area contributed by atoms with Gasteiger partial charge in [-0.15, -0.1) is 0 Å². The number of aliphatic hydroxyl groups is 1. The molecular formula is C15H19FN2O3. The van der Waals surface area contributed by atoms with Crippen molar-refractivity contribution < 1.29 is 19.1 Å². The van der Waals surface area contributed by atoms with Gasteiger partial charge in [-0.2, -0.15) is 0 Å². The third-order valence-corrected chi connectivity index (χ3v) is 3.72. The van der Waals surface area contributed by atoms with Crippen molar-refractivity contribution in [3.8, 4) is 0 Å². The predicted octanol–water partition coefficient (Wildman–Crippen LogP) is 1.35. The molecule has 3 N–H and O–H groups in total. The molecule has 0 radical (unpaired) electrons. The first-order chi connectivity index (χ1) is 9.97. The van der Waals surface area contributed by atoms with Crippen LogP contribution in [0, 0.1) is 18.7 Å². The van der Waals surface area contributed by atoms with Gasteiger partial charge in [-0.3, -0.25) is 9.59 Å². The van der Waals surface area contributed by atoms with Crippen LogP contribution < -0.4 is 10.6 Å². The molecule has 2 amide bonds. The van der Waals surface area contributed by atoms with E-state index in [1.54, 1.807) is 13.0 Å². The van der Waals surface area contributed by atoms with E-state index < -0.39 is 23.7 Å². The van der Waals surface area contributed by atoms with E-state index in [1.165, 1.54) is 12.1 Å². The van der Waals surface area contributed by atoms with Gasteiger partial charge in [0.1, 0.15) is 5.82 Å². The number of aliphatic hydroxyl groups excluding tert-OH is 1. The summed E-state index contributed by atoms with van der Waals surface area (Å²) in [5.74, 6) is -2.33. The molecule has 0 saturated heterocycles. The van der Waals surface area contributed by atoms with E-state index in [2.05, 4.69) is 10.6 Å². The van der Waals surface area contributed by atoms with E-state index in [-0.39, 0.29) is 18.2 Å². The van der Waals surface area contributed by atoms with E-state index in [1.807, 2.05) is 0 Å². The average Bonchev–Trinajstić information content (AvgIpc) is 2.84. The summed E-state index contributed by atoms with van der Waals surface area (Å²) in [6, 6.07) is 4.34. The number of carbonyl (C=O) groups is 2. The summed E-state index contributed by atoms with van der Waals surface area (Å²) in [6.45, 7) is 1.98. The smallest absolute Gasteiger partial charge is 0.313 e. The first kappa shape index (κ1) is 15.4. The maximum atomic E-state index is 13.6. The molecule has 1 aliphatic carbocycles. The van der Waals surface area contributed by atoms with Gasteiger partial charge in [-0.1, -0.05) is 12.5 Å². The Morgan fingerprint density at radius 2 is 2.10 bits per heavy atom. The second kappa shape index (κ2) is 6.67. The highest BCUT2D eigenvalue weighted by Crippen LogP contribution is 2.24. The summed E-state index contributed by atoms with van der Waals surface area (Å²) >= 11 is 0. The van der Waals surface area contributed by atoms with Gasteiger partial charge in [0.2, 0.25) is 0 Å².